The van der Waals surface area contributed by atoms with E-state index in [0.717, 1.165) is 11.8 Å². The van der Waals surface area contributed by atoms with Crippen LogP contribution in [0.4, 0.5) is 0 Å². The first-order valence-electron chi connectivity index (χ1n) is 8.37. The van der Waals surface area contributed by atoms with Crippen molar-refractivity contribution in [1.29, 1.82) is 0 Å². The Morgan fingerprint density at radius 2 is 2.14 bits per heavy atom. The molecule has 3 heteroatoms. The molecule has 1 heterocycles. The number of nitrogens with one attached hydrogen (secondary N) is 1. The summed E-state index contributed by atoms with van der Waals surface area (Å²) in [7, 11) is 0. The van der Waals surface area contributed by atoms with E-state index in [1.54, 1.807) is 0 Å². The maximum absolute atomic E-state index is 3.67. The minimum Gasteiger partial charge on any atom is -0.310 e. The average Bonchev–Trinajstić information content (AvgIpc) is 2.52. The van der Waals surface area contributed by atoms with Gasteiger partial charge in [-0.3, -0.25) is 0 Å². The highest BCUT2D eigenvalue weighted by Gasteiger charge is 2.20. The van der Waals surface area contributed by atoms with E-state index in [2.05, 4.69) is 67.0 Å². The fraction of sp³-hybridized carbons (Fsp3) is 0.667. The van der Waals surface area contributed by atoms with Gasteiger partial charge in [0.2, 0.25) is 0 Å². The first-order chi connectivity index (χ1) is 10.2. The van der Waals surface area contributed by atoms with Gasteiger partial charge in [0.05, 0.1) is 0 Å². The Morgan fingerprint density at radius 1 is 1.33 bits per heavy atom. The molecule has 1 aliphatic heterocycles. The van der Waals surface area contributed by atoms with Gasteiger partial charge in [-0.15, -0.1) is 0 Å². The molecule has 0 spiro atoms. The van der Waals surface area contributed by atoms with Crippen LogP contribution in [0.25, 0.3) is 0 Å². The number of thioether (sulfide) groups is 1. The molecular formula is C18H30N2S. The van der Waals surface area contributed by atoms with Crippen molar-refractivity contribution >= 4 is 11.8 Å². The monoisotopic (exact) mass is 306 g/mol. The predicted molar refractivity (Wildman–Crippen MR) is 95.2 cm³/mol. The number of rotatable bonds is 7. The molecule has 0 aliphatic carbocycles. The van der Waals surface area contributed by atoms with Crippen LogP contribution in [0.2, 0.25) is 0 Å². The zero-order chi connectivity index (χ0) is 15.1. The molecule has 1 N–H and O–H groups in total. The summed E-state index contributed by atoms with van der Waals surface area (Å²) in [5, 5.41) is 4.52. The third-order valence-corrected chi connectivity index (χ3v) is 5.80. The Hall–Kier alpha value is -0.510. The summed E-state index contributed by atoms with van der Waals surface area (Å²) < 4.78 is 0. The number of benzene rings is 1. The van der Waals surface area contributed by atoms with Crippen molar-refractivity contribution in [1.82, 2.24) is 10.2 Å². The van der Waals surface area contributed by atoms with Crippen LogP contribution in [-0.2, 0) is 0 Å². The van der Waals surface area contributed by atoms with E-state index >= 15 is 0 Å². The molecule has 0 saturated carbocycles. The molecule has 1 fully saturated rings. The molecule has 1 saturated heterocycles. The lowest BCUT2D eigenvalue weighted by Crippen LogP contribution is -2.39. The predicted octanol–water partition coefficient (Wildman–Crippen LogP) is 3.86. The van der Waals surface area contributed by atoms with Crippen molar-refractivity contribution in [3.8, 4) is 0 Å². The van der Waals surface area contributed by atoms with E-state index in [0.29, 0.717) is 6.04 Å². The molecule has 2 rings (SSSR count). The summed E-state index contributed by atoms with van der Waals surface area (Å²) in [5.41, 5.74) is 2.88. The Morgan fingerprint density at radius 3 is 2.86 bits per heavy atom. The lowest BCUT2D eigenvalue weighted by atomic mass is 9.98. The first kappa shape index (κ1) is 16.9. The quantitative estimate of drug-likeness (QED) is 0.823. The van der Waals surface area contributed by atoms with Crippen molar-refractivity contribution in [3.05, 3.63) is 35.4 Å². The lowest BCUT2D eigenvalue weighted by Gasteiger charge is -2.33. The van der Waals surface area contributed by atoms with Gasteiger partial charge >= 0.3 is 0 Å². The molecule has 0 radical (unpaired) electrons. The Bertz CT molecular complexity index is 421. The van der Waals surface area contributed by atoms with E-state index in [1.165, 1.54) is 49.4 Å². The van der Waals surface area contributed by atoms with Crippen molar-refractivity contribution in [2.75, 3.05) is 31.9 Å². The van der Waals surface area contributed by atoms with Gasteiger partial charge in [-0.1, -0.05) is 38.1 Å². The van der Waals surface area contributed by atoms with Crippen molar-refractivity contribution < 1.29 is 0 Å². The Labute approximate surface area is 134 Å². The second-order valence-electron chi connectivity index (χ2n) is 5.96. The zero-order valence-electron chi connectivity index (χ0n) is 13.8. The number of hydrogen-bond acceptors (Lipinski definition) is 3. The smallest absolute Gasteiger partial charge is 0.0334 e. The molecule has 0 aromatic heterocycles. The molecule has 0 bridgehead atoms. The molecular weight excluding hydrogens is 276 g/mol. The zero-order valence-corrected chi connectivity index (χ0v) is 14.6. The normalized spacial score (nSPS) is 21.4. The summed E-state index contributed by atoms with van der Waals surface area (Å²) in [6, 6.07) is 9.30. The Balaban J connectivity index is 1.92. The van der Waals surface area contributed by atoms with Crippen molar-refractivity contribution in [2.45, 2.75) is 44.9 Å². The lowest BCUT2D eigenvalue weighted by molar-refractivity contribution is 0.263. The van der Waals surface area contributed by atoms with E-state index < -0.39 is 0 Å². The van der Waals surface area contributed by atoms with Crippen LogP contribution in [-0.4, -0.2) is 42.1 Å². The third kappa shape index (κ3) is 5.01. The van der Waals surface area contributed by atoms with Crippen LogP contribution < -0.4 is 5.32 Å². The minimum absolute atomic E-state index is 0.492. The summed E-state index contributed by atoms with van der Waals surface area (Å²) in [6.45, 7) is 11.5. The standard InChI is InChI=1S/C18H30N2S/c1-4-16-14-20(12-13-21-16)11-10-18(19-5-2)17-9-7-6-8-15(17)3/h6-9,16,18-19H,4-5,10-14H2,1-3H3. The minimum atomic E-state index is 0.492. The highest BCUT2D eigenvalue weighted by atomic mass is 32.2. The van der Waals surface area contributed by atoms with Gasteiger partial charge in [0.1, 0.15) is 0 Å². The van der Waals surface area contributed by atoms with Crippen molar-refractivity contribution in [2.24, 2.45) is 0 Å². The SMILES string of the molecule is CCNC(CCN1CCSC(CC)C1)c1ccccc1C. The summed E-state index contributed by atoms with van der Waals surface area (Å²) >= 11 is 2.15. The maximum atomic E-state index is 3.67. The van der Waals surface area contributed by atoms with Gasteiger partial charge in [0, 0.05) is 36.7 Å². The van der Waals surface area contributed by atoms with Crippen LogP contribution in [0, 0.1) is 6.92 Å². The van der Waals surface area contributed by atoms with E-state index in [9.17, 15) is 0 Å². The molecule has 2 atom stereocenters. The van der Waals surface area contributed by atoms with Crippen molar-refractivity contribution in [3.63, 3.8) is 0 Å². The second kappa shape index (κ2) is 8.82. The molecule has 0 amide bonds. The van der Waals surface area contributed by atoms with E-state index in [1.807, 2.05) is 0 Å². The highest BCUT2D eigenvalue weighted by molar-refractivity contribution is 8.00. The van der Waals surface area contributed by atoms with Crippen LogP contribution in [0.1, 0.15) is 43.9 Å². The van der Waals surface area contributed by atoms with Crippen LogP contribution >= 0.6 is 11.8 Å². The molecule has 2 nitrogen and oxygen atoms in total. The second-order valence-corrected chi connectivity index (χ2v) is 7.37. The van der Waals surface area contributed by atoms with Gasteiger partial charge < -0.3 is 10.2 Å². The molecule has 1 aromatic rings. The molecule has 2 unspecified atom stereocenters. The number of aryl methyl sites for hydroxylation is 1. The summed E-state index contributed by atoms with van der Waals surface area (Å²) in [5.74, 6) is 1.30. The number of nitrogens with zero attached hydrogens (tertiary/aromatic N) is 1. The summed E-state index contributed by atoms with van der Waals surface area (Å²) in [6.07, 6.45) is 2.51. The van der Waals surface area contributed by atoms with Gasteiger partial charge in [0.25, 0.3) is 0 Å². The van der Waals surface area contributed by atoms with Gasteiger partial charge in [0.15, 0.2) is 0 Å². The van der Waals surface area contributed by atoms with E-state index in [4.69, 9.17) is 0 Å². The first-order valence-corrected chi connectivity index (χ1v) is 9.42. The maximum Gasteiger partial charge on any atom is 0.0334 e. The Kier molecular flexibility index (Phi) is 7.08. The number of hydrogen-bond donors (Lipinski definition) is 1. The van der Waals surface area contributed by atoms with Gasteiger partial charge in [-0.25, -0.2) is 0 Å². The van der Waals surface area contributed by atoms with Crippen LogP contribution in [0.15, 0.2) is 24.3 Å². The average molecular weight is 307 g/mol. The highest BCUT2D eigenvalue weighted by Crippen LogP contribution is 2.24. The topological polar surface area (TPSA) is 15.3 Å². The molecule has 1 aromatic carbocycles. The van der Waals surface area contributed by atoms with Crippen LogP contribution in [0.3, 0.4) is 0 Å². The fourth-order valence-electron chi connectivity index (χ4n) is 3.13. The van der Waals surface area contributed by atoms with E-state index in [-0.39, 0.29) is 0 Å². The third-order valence-electron chi connectivity index (χ3n) is 4.43. The van der Waals surface area contributed by atoms with Gasteiger partial charge in [-0.05, 0) is 37.4 Å². The largest absolute Gasteiger partial charge is 0.310 e. The molecule has 21 heavy (non-hydrogen) atoms. The fourth-order valence-corrected chi connectivity index (χ4v) is 4.38. The van der Waals surface area contributed by atoms with Crippen LogP contribution in [0.5, 0.6) is 0 Å². The van der Waals surface area contributed by atoms with Gasteiger partial charge in [-0.2, -0.15) is 11.8 Å². The summed E-state index contributed by atoms with van der Waals surface area (Å²) in [4.78, 5) is 2.66. The molecule has 1 aliphatic rings. The molecule has 118 valence electrons.